The minimum atomic E-state index is 0.00342. The van der Waals surface area contributed by atoms with Crippen molar-refractivity contribution in [1.82, 2.24) is 10.2 Å². The highest BCUT2D eigenvalue weighted by molar-refractivity contribution is 5.78. The number of hydrogen-bond acceptors (Lipinski definition) is 4. The van der Waals surface area contributed by atoms with Crippen LogP contribution in [0.5, 0.6) is 0 Å². The van der Waals surface area contributed by atoms with Crippen LogP contribution in [-0.2, 0) is 14.3 Å². The van der Waals surface area contributed by atoms with Crippen LogP contribution in [0.3, 0.4) is 0 Å². The number of carbonyl (C=O) groups is 2. The molecule has 0 bridgehead atoms. The fourth-order valence-corrected chi connectivity index (χ4v) is 9.14. The summed E-state index contributed by atoms with van der Waals surface area (Å²) in [6, 6.07) is 0.322. The van der Waals surface area contributed by atoms with Crippen molar-refractivity contribution < 1.29 is 14.3 Å². The normalized spacial score (nSPS) is 14.2. The first kappa shape index (κ1) is 52.9. The van der Waals surface area contributed by atoms with Gasteiger partial charge in [0.25, 0.3) is 0 Å². The second-order valence-electron chi connectivity index (χ2n) is 18.4. The monoisotopic (exact) mass is 789 g/mol. The van der Waals surface area contributed by atoms with Crippen LogP contribution in [0.1, 0.15) is 272 Å². The molecule has 0 spiro atoms. The van der Waals surface area contributed by atoms with Gasteiger partial charge in [0.1, 0.15) is 0 Å². The van der Waals surface area contributed by atoms with Crippen molar-refractivity contribution >= 4 is 11.9 Å². The van der Waals surface area contributed by atoms with E-state index in [2.05, 4.69) is 37.9 Å². The smallest absolute Gasteiger partial charge is 0.305 e. The molecule has 1 aliphatic rings. The zero-order valence-corrected chi connectivity index (χ0v) is 38.6. The zero-order valence-electron chi connectivity index (χ0n) is 38.6. The number of hydrogen-bond donors (Lipinski definition) is 1. The number of carbonyl (C=O) groups excluding carboxylic acids is 2. The van der Waals surface area contributed by atoms with Gasteiger partial charge in [-0.2, -0.15) is 0 Å². The van der Waals surface area contributed by atoms with Crippen molar-refractivity contribution in [2.24, 2.45) is 11.8 Å². The molecule has 1 N–H and O–H groups in total. The van der Waals surface area contributed by atoms with Crippen LogP contribution < -0.4 is 5.32 Å². The highest BCUT2D eigenvalue weighted by Crippen LogP contribution is 2.25. The van der Waals surface area contributed by atoms with E-state index in [0.29, 0.717) is 25.6 Å². The molecule has 0 aliphatic carbocycles. The van der Waals surface area contributed by atoms with Crippen LogP contribution in [0.15, 0.2) is 0 Å². The van der Waals surface area contributed by atoms with Crippen LogP contribution in [0.25, 0.3) is 0 Å². The van der Waals surface area contributed by atoms with Crippen LogP contribution in [0, 0.1) is 11.8 Å². The standard InChI is InChI=1S/C51H100N2O3/c1-5-9-24-34-47(35-25-10-6-2)38-28-19-15-13-14-16-20-29-39-49(52-50(54)46-53-43-32-23-33-44-53)40-30-21-17-18-22-31-41-51(55)56-45-42-48(36-26-11-7-3)37-27-12-8-4/h47-49H,5-46H2,1-4H3,(H,52,54). The summed E-state index contributed by atoms with van der Waals surface area (Å²) < 4.78 is 5.67. The largest absolute Gasteiger partial charge is 0.466 e. The Morgan fingerprint density at radius 1 is 0.464 bits per heavy atom. The van der Waals surface area contributed by atoms with Gasteiger partial charge >= 0.3 is 5.97 Å². The summed E-state index contributed by atoms with van der Waals surface area (Å²) in [6.45, 7) is 12.5. The molecular weight excluding hydrogens is 689 g/mol. The molecule has 1 fully saturated rings. The van der Waals surface area contributed by atoms with E-state index in [4.69, 9.17) is 4.74 Å². The SMILES string of the molecule is CCCCCC(CCCCC)CCCCCCCCCCC(CCCCCCCCC(=O)OCCC(CCCCC)CCCCC)NC(=O)CN1CCCCC1. The number of likely N-dealkylation sites (tertiary alicyclic amines) is 1. The molecule has 56 heavy (non-hydrogen) atoms. The molecule has 1 amide bonds. The molecule has 1 unspecified atom stereocenters. The lowest BCUT2D eigenvalue weighted by atomic mass is 9.90. The average molecular weight is 789 g/mol. The third-order valence-electron chi connectivity index (χ3n) is 12.9. The van der Waals surface area contributed by atoms with Crippen molar-refractivity contribution in [3.63, 3.8) is 0 Å². The third-order valence-corrected chi connectivity index (χ3v) is 12.9. The molecule has 1 saturated heterocycles. The van der Waals surface area contributed by atoms with Gasteiger partial charge in [0.15, 0.2) is 0 Å². The van der Waals surface area contributed by atoms with Crippen molar-refractivity contribution in [1.29, 1.82) is 0 Å². The quantitative estimate of drug-likeness (QED) is 0.0494. The summed E-state index contributed by atoms with van der Waals surface area (Å²) in [5, 5.41) is 3.47. The lowest BCUT2D eigenvalue weighted by molar-refractivity contribution is -0.144. The van der Waals surface area contributed by atoms with Crippen molar-refractivity contribution in [3.8, 4) is 0 Å². The summed E-state index contributed by atoms with van der Waals surface area (Å²) >= 11 is 0. The summed E-state index contributed by atoms with van der Waals surface area (Å²) in [5.74, 6) is 1.95. The molecule has 1 atom stereocenters. The molecule has 1 heterocycles. The van der Waals surface area contributed by atoms with Crippen LogP contribution in [0.4, 0.5) is 0 Å². The third kappa shape index (κ3) is 33.8. The van der Waals surface area contributed by atoms with Gasteiger partial charge in [-0.25, -0.2) is 0 Å². The first-order chi connectivity index (χ1) is 27.5. The first-order valence-electron chi connectivity index (χ1n) is 25.7. The van der Waals surface area contributed by atoms with E-state index in [1.807, 2.05) is 0 Å². The average Bonchev–Trinajstić information content (AvgIpc) is 3.19. The topological polar surface area (TPSA) is 58.6 Å². The maximum Gasteiger partial charge on any atom is 0.305 e. The van der Waals surface area contributed by atoms with E-state index in [1.54, 1.807) is 0 Å². The summed E-state index contributed by atoms with van der Waals surface area (Å²) in [4.78, 5) is 27.8. The molecule has 1 rings (SSSR count). The number of rotatable bonds is 42. The molecule has 5 heteroatoms. The minimum absolute atomic E-state index is 0.00342. The lowest BCUT2D eigenvalue weighted by Gasteiger charge is -2.27. The second-order valence-corrected chi connectivity index (χ2v) is 18.4. The fraction of sp³-hybridized carbons (Fsp3) is 0.961. The molecule has 1 aliphatic heterocycles. The van der Waals surface area contributed by atoms with Gasteiger partial charge in [0.2, 0.25) is 5.91 Å². The van der Waals surface area contributed by atoms with E-state index in [-0.39, 0.29) is 11.9 Å². The van der Waals surface area contributed by atoms with E-state index in [9.17, 15) is 9.59 Å². The molecule has 0 aromatic carbocycles. The number of esters is 1. The number of nitrogens with zero attached hydrogens (tertiary/aromatic N) is 1. The number of unbranched alkanes of at least 4 members (excludes halogenated alkanes) is 20. The maximum absolute atomic E-state index is 13.0. The van der Waals surface area contributed by atoms with Crippen LogP contribution >= 0.6 is 0 Å². The zero-order chi connectivity index (χ0) is 40.6. The predicted molar refractivity (Wildman–Crippen MR) is 244 cm³/mol. The van der Waals surface area contributed by atoms with Gasteiger partial charge in [-0.15, -0.1) is 0 Å². The Balaban J connectivity index is 2.25. The maximum atomic E-state index is 13.0. The van der Waals surface area contributed by atoms with E-state index >= 15 is 0 Å². The van der Waals surface area contributed by atoms with E-state index < -0.39 is 0 Å². The van der Waals surface area contributed by atoms with E-state index in [1.165, 1.54) is 205 Å². The van der Waals surface area contributed by atoms with Crippen molar-refractivity contribution in [3.05, 3.63) is 0 Å². The van der Waals surface area contributed by atoms with Crippen molar-refractivity contribution in [2.75, 3.05) is 26.2 Å². The number of amides is 1. The van der Waals surface area contributed by atoms with E-state index in [0.717, 1.165) is 57.0 Å². The fourth-order valence-electron chi connectivity index (χ4n) is 9.14. The molecule has 332 valence electrons. The Morgan fingerprint density at radius 3 is 1.29 bits per heavy atom. The number of piperidine rings is 1. The Labute approximate surface area is 351 Å². The Hall–Kier alpha value is -1.10. The van der Waals surface area contributed by atoms with Gasteiger partial charge in [0, 0.05) is 12.5 Å². The van der Waals surface area contributed by atoms with Crippen LogP contribution in [-0.4, -0.2) is 49.1 Å². The lowest BCUT2D eigenvalue weighted by Crippen LogP contribution is -2.43. The highest BCUT2D eigenvalue weighted by Gasteiger charge is 2.17. The Bertz CT molecular complexity index is 823. The molecule has 5 nitrogen and oxygen atoms in total. The highest BCUT2D eigenvalue weighted by atomic mass is 16.5. The van der Waals surface area contributed by atoms with Gasteiger partial charge in [-0.1, -0.05) is 227 Å². The summed E-state index contributed by atoms with van der Waals surface area (Å²) in [7, 11) is 0. The minimum Gasteiger partial charge on any atom is -0.466 e. The second kappa shape index (κ2) is 40.7. The van der Waals surface area contributed by atoms with Gasteiger partial charge < -0.3 is 10.1 Å². The summed E-state index contributed by atoms with van der Waals surface area (Å²) in [6.07, 6.45) is 48.6. The molecular formula is C51H100N2O3. The number of nitrogens with one attached hydrogen (secondary N) is 1. The van der Waals surface area contributed by atoms with Gasteiger partial charge in [-0.3, -0.25) is 14.5 Å². The predicted octanol–water partition coefficient (Wildman–Crippen LogP) is 15.5. The summed E-state index contributed by atoms with van der Waals surface area (Å²) in [5.41, 5.74) is 0. The van der Waals surface area contributed by atoms with Gasteiger partial charge in [-0.05, 0) is 63.5 Å². The first-order valence-corrected chi connectivity index (χ1v) is 25.7. The molecule has 0 saturated carbocycles. The Morgan fingerprint density at radius 2 is 0.839 bits per heavy atom. The van der Waals surface area contributed by atoms with Crippen molar-refractivity contribution in [2.45, 2.75) is 278 Å². The van der Waals surface area contributed by atoms with Crippen LogP contribution in [0.2, 0.25) is 0 Å². The molecule has 0 aromatic heterocycles. The number of ether oxygens (including phenoxy) is 1. The molecule has 0 radical (unpaired) electrons. The Kier molecular flexibility index (Phi) is 38.4. The molecule has 0 aromatic rings. The van der Waals surface area contributed by atoms with Gasteiger partial charge in [0.05, 0.1) is 13.2 Å².